The Labute approximate surface area is 137 Å². The van der Waals surface area contributed by atoms with Crippen LogP contribution in [0.15, 0.2) is 66.7 Å². The molecule has 1 N–H and O–H groups in total. The van der Waals surface area contributed by atoms with Crippen molar-refractivity contribution in [1.29, 1.82) is 0 Å². The highest BCUT2D eigenvalue weighted by Crippen LogP contribution is 2.18. The molecule has 4 nitrogen and oxygen atoms in total. The fourth-order valence-electron chi connectivity index (χ4n) is 1.99. The maximum absolute atomic E-state index is 12.2. The van der Waals surface area contributed by atoms with Crippen LogP contribution in [-0.2, 0) is 4.79 Å². The minimum absolute atomic E-state index is 0.00976. The van der Waals surface area contributed by atoms with Crippen molar-refractivity contribution >= 4 is 17.3 Å². The Kier molecular flexibility index (Phi) is 5.80. The summed E-state index contributed by atoms with van der Waals surface area (Å²) in [6.07, 6.45) is 0. The summed E-state index contributed by atoms with van der Waals surface area (Å²) in [5, 5.41) is 3.13. The second-order valence-corrected chi connectivity index (χ2v) is 5.42. The molecule has 0 saturated carbocycles. The van der Waals surface area contributed by atoms with E-state index in [9.17, 15) is 4.79 Å². The number of likely N-dealkylation sites (N-methyl/N-ethyl adjacent to an activating group) is 1. The molecule has 120 valence electrons. The van der Waals surface area contributed by atoms with Crippen molar-refractivity contribution in [2.45, 2.75) is 6.92 Å². The third-order valence-electron chi connectivity index (χ3n) is 3.28. The molecule has 2 aromatic rings. The summed E-state index contributed by atoms with van der Waals surface area (Å²) in [6, 6.07) is 17.1. The molecule has 0 aliphatic carbocycles. The van der Waals surface area contributed by atoms with Crippen LogP contribution in [-0.4, -0.2) is 26.1 Å². The number of nitrogens with zero attached hydrogens (tertiary/aromatic N) is 1. The standard InChI is InChI=1S/C19H22N2O2/c1-15(2)14-23-18-11-7-8-16(12-18)20-13-19(22)21(3)17-9-5-4-6-10-17/h4-12,20H,1,13-14H2,2-3H3. The maximum Gasteiger partial charge on any atom is 0.246 e. The van der Waals surface area contributed by atoms with Gasteiger partial charge in [0, 0.05) is 24.5 Å². The molecule has 4 heteroatoms. The summed E-state index contributed by atoms with van der Waals surface area (Å²) < 4.78 is 5.60. The highest BCUT2D eigenvalue weighted by atomic mass is 16.5. The van der Waals surface area contributed by atoms with Gasteiger partial charge in [-0.25, -0.2) is 0 Å². The Morgan fingerprint density at radius 2 is 1.91 bits per heavy atom. The molecule has 1 amide bonds. The summed E-state index contributed by atoms with van der Waals surface area (Å²) in [5.74, 6) is 0.742. The highest BCUT2D eigenvalue weighted by Gasteiger charge is 2.10. The third-order valence-corrected chi connectivity index (χ3v) is 3.28. The first-order valence-corrected chi connectivity index (χ1v) is 7.49. The fourth-order valence-corrected chi connectivity index (χ4v) is 1.99. The molecule has 0 aromatic heterocycles. The number of para-hydroxylation sites is 1. The molecular formula is C19H22N2O2. The van der Waals surface area contributed by atoms with E-state index in [0.717, 1.165) is 22.7 Å². The highest BCUT2D eigenvalue weighted by molar-refractivity contribution is 5.95. The van der Waals surface area contributed by atoms with Gasteiger partial charge in [0.05, 0.1) is 6.54 Å². The summed E-state index contributed by atoms with van der Waals surface area (Å²) in [6.45, 7) is 6.43. The lowest BCUT2D eigenvalue weighted by atomic mass is 10.3. The third kappa shape index (κ3) is 5.18. The number of hydrogen-bond acceptors (Lipinski definition) is 3. The minimum Gasteiger partial charge on any atom is -0.489 e. The Hall–Kier alpha value is -2.75. The molecule has 0 heterocycles. The van der Waals surface area contributed by atoms with Gasteiger partial charge in [0.2, 0.25) is 5.91 Å². The smallest absolute Gasteiger partial charge is 0.246 e. The molecule has 2 rings (SSSR count). The normalized spacial score (nSPS) is 10.0. The molecule has 0 spiro atoms. The Bertz CT molecular complexity index is 668. The summed E-state index contributed by atoms with van der Waals surface area (Å²) >= 11 is 0. The van der Waals surface area contributed by atoms with Crippen molar-refractivity contribution in [3.05, 3.63) is 66.7 Å². The van der Waals surface area contributed by atoms with Crippen LogP contribution in [0.3, 0.4) is 0 Å². The van der Waals surface area contributed by atoms with Gasteiger partial charge in [0.1, 0.15) is 12.4 Å². The predicted octanol–water partition coefficient (Wildman–Crippen LogP) is 3.72. The van der Waals surface area contributed by atoms with Gasteiger partial charge in [-0.2, -0.15) is 0 Å². The first kappa shape index (κ1) is 16.6. The van der Waals surface area contributed by atoms with Crippen LogP contribution in [0.25, 0.3) is 0 Å². The van der Waals surface area contributed by atoms with E-state index >= 15 is 0 Å². The number of nitrogens with one attached hydrogen (secondary N) is 1. The van der Waals surface area contributed by atoms with Crippen molar-refractivity contribution in [2.75, 3.05) is 30.4 Å². The van der Waals surface area contributed by atoms with E-state index in [1.165, 1.54) is 0 Å². The van der Waals surface area contributed by atoms with E-state index in [-0.39, 0.29) is 12.5 Å². The zero-order chi connectivity index (χ0) is 16.7. The van der Waals surface area contributed by atoms with Crippen LogP contribution in [0.2, 0.25) is 0 Å². The second-order valence-electron chi connectivity index (χ2n) is 5.42. The lowest BCUT2D eigenvalue weighted by molar-refractivity contribution is -0.116. The van der Waals surface area contributed by atoms with Crippen LogP contribution in [0.5, 0.6) is 5.75 Å². The van der Waals surface area contributed by atoms with Crippen LogP contribution >= 0.6 is 0 Å². The van der Waals surface area contributed by atoms with Crippen molar-refractivity contribution < 1.29 is 9.53 Å². The van der Waals surface area contributed by atoms with E-state index in [1.807, 2.05) is 61.5 Å². The monoisotopic (exact) mass is 310 g/mol. The van der Waals surface area contributed by atoms with Gasteiger partial charge in [0.15, 0.2) is 0 Å². The summed E-state index contributed by atoms with van der Waals surface area (Å²) in [7, 11) is 1.77. The Morgan fingerprint density at radius 1 is 1.17 bits per heavy atom. The van der Waals surface area contributed by atoms with E-state index in [2.05, 4.69) is 11.9 Å². The number of carbonyl (C=O) groups is 1. The number of ether oxygens (including phenoxy) is 1. The largest absolute Gasteiger partial charge is 0.489 e. The van der Waals surface area contributed by atoms with Gasteiger partial charge in [0.25, 0.3) is 0 Å². The molecule has 0 unspecified atom stereocenters. The Morgan fingerprint density at radius 3 is 2.61 bits per heavy atom. The number of anilines is 2. The first-order valence-electron chi connectivity index (χ1n) is 7.49. The molecule has 2 aromatic carbocycles. The molecule has 0 atom stereocenters. The number of benzene rings is 2. The second kappa shape index (κ2) is 8.03. The van der Waals surface area contributed by atoms with Gasteiger partial charge in [-0.15, -0.1) is 0 Å². The number of carbonyl (C=O) groups excluding carboxylic acids is 1. The van der Waals surface area contributed by atoms with E-state index in [1.54, 1.807) is 11.9 Å². The van der Waals surface area contributed by atoms with E-state index in [0.29, 0.717) is 6.61 Å². The average molecular weight is 310 g/mol. The van der Waals surface area contributed by atoms with Crippen molar-refractivity contribution in [3.8, 4) is 5.75 Å². The van der Waals surface area contributed by atoms with Crippen LogP contribution < -0.4 is 15.0 Å². The van der Waals surface area contributed by atoms with Crippen molar-refractivity contribution in [3.63, 3.8) is 0 Å². The SMILES string of the molecule is C=C(C)COc1cccc(NCC(=O)N(C)c2ccccc2)c1. The van der Waals surface area contributed by atoms with Gasteiger partial charge < -0.3 is 15.0 Å². The van der Waals surface area contributed by atoms with E-state index < -0.39 is 0 Å². The van der Waals surface area contributed by atoms with Crippen molar-refractivity contribution in [2.24, 2.45) is 0 Å². The fraction of sp³-hybridized carbons (Fsp3) is 0.211. The lowest BCUT2D eigenvalue weighted by Crippen LogP contribution is -2.32. The number of hydrogen-bond donors (Lipinski definition) is 1. The molecule has 0 radical (unpaired) electrons. The predicted molar refractivity (Wildman–Crippen MR) is 95.1 cm³/mol. The van der Waals surface area contributed by atoms with Gasteiger partial charge >= 0.3 is 0 Å². The first-order chi connectivity index (χ1) is 11.1. The van der Waals surface area contributed by atoms with Crippen LogP contribution in [0.4, 0.5) is 11.4 Å². The quantitative estimate of drug-likeness (QED) is 0.793. The van der Waals surface area contributed by atoms with Crippen molar-refractivity contribution in [1.82, 2.24) is 0 Å². The number of amides is 1. The van der Waals surface area contributed by atoms with Gasteiger partial charge in [-0.3, -0.25) is 4.79 Å². The summed E-state index contributed by atoms with van der Waals surface area (Å²) in [5.41, 5.74) is 2.68. The molecular weight excluding hydrogens is 288 g/mol. The molecule has 0 bridgehead atoms. The van der Waals surface area contributed by atoms with E-state index in [4.69, 9.17) is 4.74 Å². The van der Waals surface area contributed by atoms with Crippen LogP contribution in [0.1, 0.15) is 6.92 Å². The lowest BCUT2D eigenvalue weighted by Gasteiger charge is -2.18. The minimum atomic E-state index is -0.00976. The zero-order valence-electron chi connectivity index (χ0n) is 13.6. The average Bonchev–Trinajstić information content (AvgIpc) is 2.58. The van der Waals surface area contributed by atoms with Gasteiger partial charge in [-0.05, 0) is 36.8 Å². The molecule has 23 heavy (non-hydrogen) atoms. The Balaban J connectivity index is 1.91. The topological polar surface area (TPSA) is 41.6 Å². The molecule has 0 saturated heterocycles. The van der Waals surface area contributed by atoms with Crippen LogP contribution in [0, 0.1) is 0 Å². The molecule has 0 aliphatic rings. The summed E-state index contributed by atoms with van der Waals surface area (Å²) in [4.78, 5) is 13.9. The molecule has 0 aliphatic heterocycles. The van der Waals surface area contributed by atoms with Gasteiger partial charge in [-0.1, -0.05) is 30.8 Å². The number of rotatable bonds is 7. The molecule has 0 fully saturated rings. The zero-order valence-corrected chi connectivity index (χ0v) is 13.6. The maximum atomic E-state index is 12.2.